The summed E-state index contributed by atoms with van der Waals surface area (Å²) in [5.41, 5.74) is 2.61. The van der Waals surface area contributed by atoms with Gasteiger partial charge in [-0.25, -0.2) is 4.79 Å². The van der Waals surface area contributed by atoms with E-state index in [1.165, 1.54) is 13.2 Å². The SMILES string of the molecule is COC(=O)c1ccc(N2CCN(C)CC2)c(NC(=O)/C=C/c2cc(Br)ccc2OC)c1. The van der Waals surface area contributed by atoms with Crippen LogP contribution in [-0.4, -0.2) is 64.2 Å². The van der Waals surface area contributed by atoms with E-state index in [1.54, 1.807) is 25.3 Å². The van der Waals surface area contributed by atoms with Crippen molar-refractivity contribution in [2.45, 2.75) is 0 Å². The summed E-state index contributed by atoms with van der Waals surface area (Å²) in [7, 11) is 5.01. The number of carbonyl (C=O) groups is 2. The summed E-state index contributed by atoms with van der Waals surface area (Å²) in [4.78, 5) is 29.2. The highest BCUT2D eigenvalue weighted by Crippen LogP contribution is 2.29. The maximum absolute atomic E-state index is 12.7. The third-order valence-corrected chi connectivity index (χ3v) is 5.62. The number of piperazine rings is 1. The monoisotopic (exact) mass is 487 g/mol. The van der Waals surface area contributed by atoms with Crippen LogP contribution in [0.15, 0.2) is 46.9 Å². The predicted molar refractivity (Wildman–Crippen MR) is 126 cm³/mol. The van der Waals surface area contributed by atoms with Crippen LogP contribution in [-0.2, 0) is 9.53 Å². The number of amides is 1. The van der Waals surface area contributed by atoms with E-state index in [2.05, 4.69) is 38.1 Å². The Bertz CT molecular complexity index is 985. The first-order chi connectivity index (χ1) is 14.9. The first kappa shape index (κ1) is 22.8. The zero-order valence-electron chi connectivity index (χ0n) is 17.9. The van der Waals surface area contributed by atoms with Crippen molar-refractivity contribution < 1.29 is 19.1 Å². The number of hydrogen-bond acceptors (Lipinski definition) is 6. The average Bonchev–Trinajstić information content (AvgIpc) is 2.78. The van der Waals surface area contributed by atoms with Gasteiger partial charge in [-0.15, -0.1) is 0 Å². The van der Waals surface area contributed by atoms with E-state index in [1.807, 2.05) is 24.3 Å². The number of methoxy groups -OCH3 is 2. The summed E-state index contributed by atoms with van der Waals surface area (Å²) in [6.45, 7) is 3.52. The lowest BCUT2D eigenvalue weighted by molar-refractivity contribution is -0.111. The number of ether oxygens (including phenoxy) is 2. The molecule has 3 rings (SSSR count). The largest absolute Gasteiger partial charge is 0.496 e. The van der Waals surface area contributed by atoms with Crippen molar-refractivity contribution in [2.75, 3.05) is 57.7 Å². The first-order valence-electron chi connectivity index (χ1n) is 9.89. The molecule has 2 aromatic rings. The first-order valence-corrected chi connectivity index (χ1v) is 10.7. The summed E-state index contributed by atoms with van der Waals surface area (Å²) in [5.74, 6) is -0.0904. The van der Waals surface area contributed by atoms with E-state index in [0.29, 0.717) is 17.0 Å². The molecule has 0 bridgehead atoms. The Morgan fingerprint density at radius 1 is 1.06 bits per heavy atom. The average molecular weight is 488 g/mol. The molecule has 8 heteroatoms. The number of hydrogen-bond donors (Lipinski definition) is 1. The molecule has 0 atom stereocenters. The zero-order valence-corrected chi connectivity index (χ0v) is 19.4. The molecule has 1 aliphatic rings. The Balaban J connectivity index is 1.85. The second-order valence-corrected chi connectivity index (χ2v) is 8.14. The van der Waals surface area contributed by atoms with Crippen LogP contribution in [0, 0.1) is 0 Å². The van der Waals surface area contributed by atoms with E-state index in [4.69, 9.17) is 9.47 Å². The Hall–Kier alpha value is -2.84. The molecule has 1 heterocycles. The fourth-order valence-electron chi connectivity index (χ4n) is 3.38. The summed E-state index contributed by atoms with van der Waals surface area (Å²) < 4.78 is 11.1. The van der Waals surface area contributed by atoms with Gasteiger partial charge in [-0.05, 0) is 49.5 Å². The molecular formula is C23H26BrN3O4. The molecule has 1 fully saturated rings. The molecule has 0 saturated carbocycles. The van der Waals surface area contributed by atoms with E-state index in [-0.39, 0.29) is 5.91 Å². The van der Waals surface area contributed by atoms with Crippen LogP contribution in [0.1, 0.15) is 15.9 Å². The van der Waals surface area contributed by atoms with Crippen molar-refractivity contribution in [3.63, 3.8) is 0 Å². The van der Waals surface area contributed by atoms with Crippen molar-refractivity contribution in [3.8, 4) is 5.75 Å². The fraction of sp³-hybridized carbons (Fsp3) is 0.304. The highest BCUT2D eigenvalue weighted by molar-refractivity contribution is 9.10. The smallest absolute Gasteiger partial charge is 0.337 e. The predicted octanol–water partition coefficient (Wildman–Crippen LogP) is 3.65. The van der Waals surface area contributed by atoms with Crippen LogP contribution in [0.2, 0.25) is 0 Å². The van der Waals surface area contributed by atoms with Crippen molar-refractivity contribution in [1.82, 2.24) is 4.90 Å². The van der Waals surface area contributed by atoms with Crippen molar-refractivity contribution in [1.29, 1.82) is 0 Å². The normalized spacial score (nSPS) is 14.5. The molecule has 0 radical (unpaired) electrons. The van der Waals surface area contributed by atoms with E-state index in [0.717, 1.165) is 41.9 Å². The van der Waals surface area contributed by atoms with Gasteiger partial charge in [-0.1, -0.05) is 15.9 Å². The lowest BCUT2D eigenvalue weighted by atomic mass is 10.1. The third kappa shape index (κ3) is 5.86. The quantitative estimate of drug-likeness (QED) is 0.495. The van der Waals surface area contributed by atoms with Gasteiger partial charge < -0.3 is 24.6 Å². The lowest BCUT2D eigenvalue weighted by Crippen LogP contribution is -2.44. The number of anilines is 2. The number of nitrogens with zero attached hydrogens (tertiary/aromatic N) is 2. The number of nitrogens with one attached hydrogen (secondary N) is 1. The van der Waals surface area contributed by atoms with Gasteiger partial charge in [0.15, 0.2) is 0 Å². The number of benzene rings is 2. The molecule has 164 valence electrons. The molecule has 0 spiro atoms. The number of esters is 1. The van der Waals surface area contributed by atoms with Crippen LogP contribution < -0.4 is 15.0 Å². The van der Waals surface area contributed by atoms with E-state index >= 15 is 0 Å². The molecular weight excluding hydrogens is 462 g/mol. The summed E-state index contributed by atoms with van der Waals surface area (Å²) in [5, 5.41) is 2.92. The Morgan fingerprint density at radius 2 is 1.81 bits per heavy atom. The van der Waals surface area contributed by atoms with Crippen LogP contribution in [0.5, 0.6) is 5.75 Å². The molecule has 0 unspecified atom stereocenters. The van der Waals surface area contributed by atoms with Crippen molar-refractivity contribution in [3.05, 3.63) is 58.1 Å². The molecule has 2 aromatic carbocycles. The van der Waals surface area contributed by atoms with Crippen LogP contribution in [0.25, 0.3) is 6.08 Å². The number of carbonyl (C=O) groups excluding carboxylic acids is 2. The van der Waals surface area contributed by atoms with Gasteiger partial charge in [0.25, 0.3) is 0 Å². The summed E-state index contributed by atoms with van der Waals surface area (Å²) in [6.07, 6.45) is 3.14. The minimum Gasteiger partial charge on any atom is -0.496 e. The Kier molecular flexibility index (Phi) is 7.70. The Morgan fingerprint density at radius 3 is 2.48 bits per heavy atom. The van der Waals surface area contributed by atoms with Crippen LogP contribution in [0.3, 0.4) is 0 Å². The second kappa shape index (κ2) is 10.5. The van der Waals surface area contributed by atoms with Crippen LogP contribution in [0.4, 0.5) is 11.4 Å². The second-order valence-electron chi connectivity index (χ2n) is 7.22. The van der Waals surface area contributed by atoms with Crippen LogP contribution >= 0.6 is 15.9 Å². The van der Waals surface area contributed by atoms with E-state index < -0.39 is 5.97 Å². The van der Waals surface area contributed by atoms with Gasteiger partial charge >= 0.3 is 5.97 Å². The maximum atomic E-state index is 12.7. The van der Waals surface area contributed by atoms with Crippen molar-refractivity contribution >= 4 is 45.3 Å². The number of halogens is 1. The molecule has 7 nitrogen and oxygen atoms in total. The standard InChI is InChI=1S/C23H26BrN3O4/c1-26-10-12-27(13-11-26)20-7-4-17(23(29)31-3)15-19(20)25-22(28)9-5-16-14-18(24)6-8-21(16)30-2/h4-9,14-15H,10-13H2,1-3H3,(H,25,28)/b9-5+. The molecule has 1 N–H and O–H groups in total. The molecule has 1 amide bonds. The highest BCUT2D eigenvalue weighted by atomic mass is 79.9. The molecule has 0 aliphatic carbocycles. The maximum Gasteiger partial charge on any atom is 0.337 e. The molecule has 1 aliphatic heterocycles. The van der Waals surface area contributed by atoms with Crippen molar-refractivity contribution in [2.24, 2.45) is 0 Å². The van der Waals surface area contributed by atoms with E-state index in [9.17, 15) is 9.59 Å². The van der Waals surface area contributed by atoms with Gasteiger partial charge in [-0.3, -0.25) is 4.79 Å². The molecule has 0 aromatic heterocycles. The Labute approximate surface area is 190 Å². The van der Waals surface area contributed by atoms with Gasteiger partial charge in [0.2, 0.25) is 5.91 Å². The van der Waals surface area contributed by atoms with Gasteiger partial charge in [-0.2, -0.15) is 0 Å². The third-order valence-electron chi connectivity index (χ3n) is 5.13. The lowest BCUT2D eigenvalue weighted by Gasteiger charge is -2.35. The highest BCUT2D eigenvalue weighted by Gasteiger charge is 2.19. The topological polar surface area (TPSA) is 71.1 Å². The molecule has 31 heavy (non-hydrogen) atoms. The minimum atomic E-state index is -0.449. The van der Waals surface area contributed by atoms with Gasteiger partial charge in [0.1, 0.15) is 5.75 Å². The fourth-order valence-corrected chi connectivity index (χ4v) is 3.76. The summed E-state index contributed by atoms with van der Waals surface area (Å²) in [6, 6.07) is 10.8. The number of likely N-dealkylation sites (N-methyl/N-ethyl adjacent to an activating group) is 1. The molecule has 1 saturated heterocycles. The summed E-state index contributed by atoms with van der Waals surface area (Å²) >= 11 is 3.43. The zero-order chi connectivity index (χ0) is 22.4. The van der Waals surface area contributed by atoms with Gasteiger partial charge in [0, 0.05) is 42.3 Å². The van der Waals surface area contributed by atoms with Gasteiger partial charge in [0.05, 0.1) is 31.2 Å². The number of rotatable bonds is 6. The minimum absolute atomic E-state index is 0.306.